The number of carbonyl (C=O) groups is 2. The van der Waals surface area contributed by atoms with Gasteiger partial charge in [0.1, 0.15) is 6.04 Å². The van der Waals surface area contributed by atoms with Crippen LogP contribution in [0.3, 0.4) is 0 Å². The van der Waals surface area contributed by atoms with Crippen molar-refractivity contribution in [1.29, 1.82) is 0 Å². The minimum absolute atomic E-state index is 0.384. The first-order valence-corrected chi connectivity index (χ1v) is 6.15. The molecule has 0 spiro atoms. The normalized spacial score (nSPS) is 11.7. The smallest absolute Gasteiger partial charge is 0.253 e. The van der Waals surface area contributed by atoms with Gasteiger partial charge in [-0.05, 0) is 24.6 Å². The highest BCUT2D eigenvalue weighted by atomic mass is 16.2. The van der Waals surface area contributed by atoms with Crippen LogP contribution in [0.5, 0.6) is 0 Å². The van der Waals surface area contributed by atoms with Crippen LogP contribution in [0.25, 0.3) is 0 Å². The van der Waals surface area contributed by atoms with Crippen molar-refractivity contribution in [2.45, 2.75) is 13.0 Å². The largest absolute Gasteiger partial charge is 0.368 e. The number of benzene rings is 1. The molecule has 102 valence electrons. The van der Waals surface area contributed by atoms with Crippen molar-refractivity contribution in [3.8, 4) is 0 Å². The number of nitrogens with zero attached hydrogens (tertiary/aromatic N) is 1. The van der Waals surface area contributed by atoms with E-state index in [-0.39, 0.29) is 5.91 Å². The summed E-state index contributed by atoms with van der Waals surface area (Å²) in [5, 5.41) is 2.62. The molecular weight excluding hydrogens is 254 g/mol. The lowest BCUT2D eigenvalue weighted by Gasteiger charge is -2.15. The summed E-state index contributed by atoms with van der Waals surface area (Å²) in [7, 11) is 0. The third-order valence-electron chi connectivity index (χ3n) is 2.87. The molecule has 0 saturated carbocycles. The summed E-state index contributed by atoms with van der Waals surface area (Å²) in [6.07, 6.45) is 1.47. The molecule has 5 nitrogen and oxygen atoms in total. The van der Waals surface area contributed by atoms with E-state index in [0.29, 0.717) is 11.1 Å². The van der Waals surface area contributed by atoms with E-state index in [1.54, 1.807) is 36.4 Å². The van der Waals surface area contributed by atoms with E-state index in [1.165, 1.54) is 6.20 Å². The Bertz CT molecular complexity index is 609. The molecule has 0 unspecified atom stereocenters. The van der Waals surface area contributed by atoms with Gasteiger partial charge >= 0.3 is 0 Å². The molecule has 0 aliphatic carbocycles. The van der Waals surface area contributed by atoms with Gasteiger partial charge in [-0.3, -0.25) is 14.6 Å². The van der Waals surface area contributed by atoms with E-state index in [2.05, 4.69) is 10.3 Å². The minimum Gasteiger partial charge on any atom is -0.368 e. The number of aryl methyl sites for hydroxylation is 1. The molecule has 1 heterocycles. The lowest BCUT2D eigenvalue weighted by Crippen LogP contribution is -2.37. The maximum absolute atomic E-state index is 12.1. The predicted octanol–water partition coefficient (Wildman–Crippen LogP) is 1.35. The molecule has 1 aromatic heterocycles. The fourth-order valence-electron chi connectivity index (χ4n) is 1.78. The molecule has 20 heavy (non-hydrogen) atoms. The fourth-order valence-corrected chi connectivity index (χ4v) is 1.78. The monoisotopic (exact) mass is 269 g/mol. The van der Waals surface area contributed by atoms with Gasteiger partial charge in [0.15, 0.2) is 0 Å². The Hall–Kier alpha value is -2.69. The van der Waals surface area contributed by atoms with Gasteiger partial charge in [0.2, 0.25) is 5.91 Å². The summed E-state index contributed by atoms with van der Waals surface area (Å²) in [5.41, 5.74) is 7.20. The number of rotatable bonds is 4. The number of aromatic nitrogens is 1. The van der Waals surface area contributed by atoms with Gasteiger partial charge in [-0.25, -0.2) is 0 Å². The first-order valence-electron chi connectivity index (χ1n) is 6.15. The van der Waals surface area contributed by atoms with Crippen molar-refractivity contribution >= 4 is 11.8 Å². The van der Waals surface area contributed by atoms with Crippen LogP contribution in [-0.2, 0) is 4.79 Å². The second-order valence-electron chi connectivity index (χ2n) is 4.41. The molecule has 1 atom stereocenters. The van der Waals surface area contributed by atoms with Crippen LogP contribution < -0.4 is 11.1 Å². The fraction of sp³-hybridized carbons (Fsp3) is 0.133. The summed E-state index contributed by atoms with van der Waals surface area (Å²) >= 11 is 0. The third kappa shape index (κ3) is 3.20. The van der Waals surface area contributed by atoms with Gasteiger partial charge in [-0.2, -0.15) is 0 Å². The van der Waals surface area contributed by atoms with Gasteiger partial charge in [0.25, 0.3) is 5.91 Å². The Kier molecular flexibility index (Phi) is 4.10. The van der Waals surface area contributed by atoms with E-state index in [9.17, 15) is 9.59 Å². The zero-order chi connectivity index (χ0) is 14.5. The van der Waals surface area contributed by atoms with Crippen molar-refractivity contribution in [3.63, 3.8) is 0 Å². The van der Waals surface area contributed by atoms with Crippen molar-refractivity contribution in [2.24, 2.45) is 5.73 Å². The number of primary amides is 1. The van der Waals surface area contributed by atoms with Crippen LogP contribution in [0.4, 0.5) is 0 Å². The number of carbonyl (C=O) groups excluding carboxylic acids is 2. The van der Waals surface area contributed by atoms with Crippen LogP contribution in [0.1, 0.15) is 27.7 Å². The highest BCUT2D eigenvalue weighted by molar-refractivity contribution is 5.97. The zero-order valence-electron chi connectivity index (χ0n) is 11.0. The highest BCUT2D eigenvalue weighted by Crippen LogP contribution is 2.13. The van der Waals surface area contributed by atoms with Crippen molar-refractivity contribution in [2.75, 3.05) is 0 Å². The summed E-state index contributed by atoms with van der Waals surface area (Å²) in [6.45, 7) is 1.83. The number of pyridine rings is 1. The molecule has 0 aliphatic heterocycles. The van der Waals surface area contributed by atoms with Gasteiger partial charge in [-0.15, -0.1) is 0 Å². The molecule has 0 aliphatic rings. The minimum atomic E-state index is -0.856. The van der Waals surface area contributed by atoms with E-state index >= 15 is 0 Å². The summed E-state index contributed by atoms with van der Waals surface area (Å²) in [4.78, 5) is 27.6. The zero-order valence-corrected chi connectivity index (χ0v) is 11.0. The number of nitrogens with two attached hydrogens (primary N) is 1. The Labute approximate surface area is 116 Å². The molecule has 0 saturated heterocycles. The molecule has 2 aromatic rings. The number of amides is 2. The number of hydrogen-bond acceptors (Lipinski definition) is 3. The van der Waals surface area contributed by atoms with E-state index < -0.39 is 11.9 Å². The predicted molar refractivity (Wildman–Crippen MR) is 74.8 cm³/mol. The van der Waals surface area contributed by atoms with Crippen LogP contribution in [0.15, 0.2) is 48.7 Å². The van der Waals surface area contributed by atoms with Crippen molar-refractivity contribution < 1.29 is 9.59 Å². The van der Waals surface area contributed by atoms with E-state index in [0.717, 1.165) is 5.69 Å². The number of nitrogens with one attached hydrogen (secondary N) is 1. The number of hydrogen-bond donors (Lipinski definition) is 2. The van der Waals surface area contributed by atoms with Gasteiger partial charge in [0, 0.05) is 11.9 Å². The van der Waals surface area contributed by atoms with Crippen molar-refractivity contribution in [3.05, 3.63) is 65.5 Å². The molecule has 3 N–H and O–H groups in total. The maximum Gasteiger partial charge on any atom is 0.253 e. The topological polar surface area (TPSA) is 85.1 Å². The maximum atomic E-state index is 12.1. The average Bonchev–Trinajstić information content (AvgIpc) is 2.46. The lowest BCUT2D eigenvalue weighted by atomic mass is 10.1. The summed E-state index contributed by atoms with van der Waals surface area (Å²) < 4.78 is 0. The Morgan fingerprint density at radius 3 is 2.40 bits per heavy atom. The van der Waals surface area contributed by atoms with E-state index in [1.807, 2.05) is 13.0 Å². The molecule has 1 aromatic carbocycles. The third-order valence-corrected chi connectivity index (χ3v) is 2.87. The second-order valence-corrected chi connectivity index (χ2v) is 4.41. The standard InChI is InChI=1S/C15H15N3O2/c1-10-7-8-12(9-17-10)15(20)18-13(14(16)19)11-5-3-2-4-6-11/h2-9,13H,1H3,(H2,16,19)(H,18,20)/t13-/m1/s1. The molecule has 0 fully saturated rings. The molecular formula is C15H15N3O2. The van der Waals surface area contributed by atoms with Gasteiger partial charge in [0.05, 0.1) is 5.56 Å². The highest BCUT2D eigenvalue weighted by Gasteiger charge is 2.20. The average molecular weight is 269 g/mol. The van der Waals surface area contributed by atoms with Gasteiger partial charge in [-0.1, -0.05) is 30.3 Å². The van der Waals surface area contributed by atoms with Crippen LogP contribution in [0.2, 0.25) is 0 Å². The SMILES string of the molecule is Cc1ccc(C(=O)N[C@@H](C(N)=O)c2ccccc2)cn1. The first kappa shape index (κ1) is 13.7. The molecule has 2 rings (SSSR count). The summed E-state index contributed by atoms with van der Waals surface area (Å²) in [6, 6.07) is 11.4. The second kappa shape index (κ2) is 5.97. The first-order chi connectivity index (χ1) is 9.58. The Morgan fingerprint density at radius 2 is 1.85 bits per heavy atom. The van der Waals surface area contributed by atoms with Gasteiger partial charge < -0.3 is 11.1 Å². The Balaban J connectivity index is 2.19. The quantitative estimate of drug-likeness (QED) is 0.878. The van der Waals surface area contributed by atoms with Crippen LogP contribution >= 0.6 is 0 Å². The summed E-state index contributed by atoms with van der Waals surface area (Å²) in [5.74, 6) is -0.991. The Morgan fingerprint density at radius 1 is 1.15 bits per heavy atom. The molecule has 5 heteroatoms. The van der Waals surface area contributed by atoms with Crippen molar-refractivity contribution in [1.82, 2.24) is 10.3 Å². The molecule has 0 radical (unpaired) electrons. The van der Waals surface area contributed by atoms with Crippen LogP contribution in [0, 0.1) is 6.92 Å². The van der Waals surface area contributed by atoms with E-state index in [4.69, 9.17) is 5.73 Å². The van der Waals surface area contributed by atoms with Crippen LogP contribution in [-0.4, -0.2) is 16.8 Å². The lowest BCUT2D eigenvalue weighted by molar-refractivity contribution is -0.120. The molecule has 0 bridgehead atoms. The molecule has 2 amide bonds.